The molecule has 2 fully saturated rings. The number of hydrogen-bond acceptors (Lipinski definition) is 4. The molecule has 1 N–H and O–H groups in total. The van der Waals surface area contributed by atoms with Crippen LogP contribution in [0.15, 0.2) is 24.3 Å². The van der Waals surface area contributed by atoms with E-state index >= 15 is 0 Å². The van der Waals surface area contributed by atoms with Gasteiger partial charge in [-0.3, -0.25) is 14.9 Å². The number of nitrogens with one attached hydrogen (secondary N) is 1. The Bertz CT molecular complexity index is 567. The van der Waals surface area contributed by atoms with Gasteiger partial charge in [0.25, 0.3) is 5.69 Å². The molecule has 2 aliphatic heterocycles. The number of nitrogens with zero attached hydrogens (tertiary/aromatic N) is 2. The van der Waals surface area contributed by atoms with E-state index in [0.717, 1.165) is 32.5 Å². The van der Waals surface area contributed by atoms with Crippen LogP contribution in [0.25, 0.3) is 0 Å². The maximum absolute atomic E-state index is 12.4. The first-order valence-electron chi connectivity index (χ1n) is 7.38. The van der Waals surface area contributed by atoms with Crippen molar-refractivity contribution >= 4 is 24.0 Å². The normalized spacial score (nSPS) is 23.5. The lowest BCUT2D eigenvalue weighted by Gasteiger charge is -2.34. The summed E-state index contributed by atoms with van der Waals surface area (Å²) in [5, 5.41) is 14.5. The molecule has 0 aromatic heterocycles. The highest BCUT2D eigenvalue weighted by atomic mass is 35.5. The van der Waals surface area contributed by atoms with Crippen LogP contribution in [0.4, 0.5) is 5.69 Å². The van der Waals surface area contributed by atoms with Gasteiger partial charge in [-0.05, 0) is 25.3 Å². The average molecular weight is 326 g/mol. The van der Waals surface area contributed by atoms with Gasteiger partial charge in [-0.15, -0.1) is 12.4 Å². The number of para-hydroxylation sites is 1. The highest BCUT2D eigenvalue weighted by Gasteiger charge is 2.34. The maximum Gasteiger partial charge on any atom is 0.273 e. The van der Waals surface area contributed by atoms with Crippen LogP contribution in [0.3, 0.4) is 0 Å². The molecule has 2 unspecified atom stereocenters. The molecule has 2 aliphatic rings. The van der Waals surface area contributed by atoms with E-state index in [1.807, 2.05) is 4.90 Å². The van der Waals surface area contributed by atoms with Crippen molar-refractivity contribution in [1.29, 1.82) is 0 Å². The third-order valence-corrected chi connectivity index (χ3v) is 4.54. The Morgan fingerprint density at radius 2 is 2.14 bits per heavy atom. The van der Waals surface area contributed by atoms with Gasteiger partial charge in [-0.2, -0.15) is 0 Å². The first-order chi connectivity index (χ1) is 10.1. The molecule has 2 atom stereocenters. The lowest BCUT2D eigenvalue weighted by molar-refractivity contribution is -0.385. The molecular weight excluding hydrogens is 306 g/mol. The number of halogens is 1. The Hall–Kier alpha value is -1.66. The van der Waals surface area contributed by atoms with Crippen molar-refractivity contribution in [2.24, 2.45) is 5.92 Å². The number of nitro benzene ring substituents is 1. The SMILES string of the molecule is Cl.O=C(Cc1ccccc1[N+](=O)[O-])N1CCC2NCCC2C1. The number of piperidine rings is 1. The Morgan fingerprint density at radius 3 is 2.91 bits per heavy atom. The Morgan fingerprint density at radius 1 is 1.36 bits per heavy atom. The van der Waals surface area contributed by atoms with Gasteiger partial charge in [0.15, 0.2) is 0 Å². The highest BCUT2D eigenvalue weighted by molar-refractivity contribution is 5.85. The van der Waals surface area contributed by atoms with Crippen LogP contribution in [0.2, 0.25) is 0 Å². The summed E-state index contributed by atoms with van der Waals surface area (Å²) in [6.07, 6.45) is 2.20. The molecule has 22 heavy (non-hydrogen) atoms. The van der Waals surface area contributed by atoms with Crippen molar-refractivity contribution in [3.8, 4) is 0 Å². The predicted octanol–water partition coefficient (Wildman–Crippen LogP) is 1.77. The fraction of sp³-hybridized carbons (Fsp3) is 0.533. The third-order valence-electron chi connectivity index (χ3n) is 4.54. The summed E-state index contributed by atoms with van der Waals surface area (Å²) in [4.78, 5) is 24.9. The van der Waals surface area contributed by atoms with Gasteiger partial charge < -0.3 is 10.2 Å². The number of amides is 1. The molecular formula is C15H20ClN3O3. The molecule has 1 aromatic carbocycles. The van der Waals surface area contributed by atoms with Crippen LogP contribution >= 0.6 is 12.4 Å². The second-order valence-corrected chi connectivity index (χ2v) is 5.80. The second-order valence-electron chi connectivity index (χ2n) is 5.80. The number of carbonyl (C=O) groups is 1. The number of hydrogen-bond donors (Lipinski definition) is 1. The van der Waals surface area contributed by atoms with Crippen molar-refractivity contribution in [2.45, 2.75) is 25.3 Å². The van der Waals surface area contributed by atoms with Gasteiger partial charge in [0.05, 0.1) is 11.3 Å². The summed E-state index contributed by atoms with van der Waals surface area (Å²) in [6.45, 7) is 2.55. The molecule has 0 saturated carbocycles. The van der Waals surface area contributed by atoms with Crippen molar-refractivity contribution < 1.29 is 9.72 Å². The summed E-state index contributed by atoms with van der Waals surface area (Å²) < 4.78 is 0. The number of likely N-dealkylation sites (tertiary alicyclic amines) is 1. The van der Waals surface area contributed by atoms with Crippen LogP contribution in [0, 0.1) is 16.0 Å². The zero-order valence-electron chi connectivity index (χ0n) is 12.2. The van der Waals surface area contributed by atoms with Crippen LogP contribution < -0.4 is 5.32 Å². The van der Waals surface area contributed by atoms with Gasteiger partial charge >= 0.3 is 0 Å². The molecule has 0 spiro atoms. The van der Waals surface area contributed by atoms with Gasteiger partial charge in [-0.1, -0.05) is 18.2 Å². The Labute approximate surface area is 135 Å². The molecule has 6 nitrogen and oxygen atoms in total. The molecule has 120 valence electrons. The van der Waals surface area contributed by atoms with E-state index in [0.29, 0.717) is 17.5 Å². The Balaban J connectivity index is 0.00000176. The second kappa shape index (κ2) is 7.07. The standard InChI is InChI=1S/C15H19N3O3.ClH/c19-15(9-11-3-1-2-4-14(11)18(20)21)17-8-6-13-12(10-17)5-7-16-13;/h1-4,12-13,16H,5-10H2;1H. The van der Waals surface area contributed by atoms with E-state index in [-0.39, 0.29) is 30.4 Å². The zero-order valence-corrected chi connectivity index (χ0v) is 13.1. The van der Waals surface area contributed by atoms with E-state index in [9.17, 15) is 14.9 Å². The first-order valence-corrected chi connectivity index (χ1v) is 7.38. The molecule has 0 radical (unpaired) electrons. The van der Waals surface area contributed by atoms with Gasteiger partial charge in [0.1, 0.15) is 0 Å². The van der Waals surface area contributed by atoms with Gasteiger partial charge in [0, 0.05) is 30.8 Å². The summed E-state index contributed by atoms with van der Waals surface area (Å²) in [5.74, 6) is 0.531. The molecule has 7 heteroatoms. The van der Waals surface area contributed by atoms with Crippen molar-refractivity contribution in [2.75, 3.05) is 19.6 Å². The summed E-state index contributed by atoms with van der Waals surface area (Å²) in [7, 11) is 0. The summed E-state index contributed by atoms with van der Waals surface area (Å²) in [6, 6.07) is 7.03. The monoisotopic (exact) mass is 325 g/mol. The van der Waals surface area contributed by atoms with E-state index in [1.54, 1.807) is 18.2 Å². The number of carbonyl (C=O) groups excluding carboxylic acids is 1. The van der Waals surface area contributed by atoms with Crippen molar-refractivity contribution in [1.82, 2.24) is 10.2 Å². The molecule has 1 amide bonds. The van der Waals surface area contributed by atoms with Crippen molar-refractivity contribution in [3.05, 3.63) is 39.9 Å². The first kappa shape index (κ1) is 16.7. The molecule has 2 heterocycles. The zero-order chi connectivity index (χ0) is 14.8. The minimum absolute atomic E-state index is 0. The van der Waals surface area contributed by atoms with Crippen molar-refractivity contribution in [3.63, 3.8) is 0 Å². The Kier molecular flexibility index (Phi) is 5.37. The van der Waals surface area contributed by atoms with E-state index in [1.165, 1.54) is 6.07 Å². The maximum atomic E-state index is 12.4. The quantitative estimate of drug-likeness (QED) is 0.679. The van der Waals surface area contributed by atoms with Crippen LogP contribution in [0.5, 0.6) is 0 Å². The highest BCUT2D eigenvalue weighted by Crippen LogP contribution is 2.26. The smallest absolute Gasteiger partial charge is 0.273 e. The lowest BCUT2D eigenvalue weighted by Crippen LogP contribution is -2.47. The fourth-order valence-electron chi connectivity index (χ4n) is 3.39. The molecule has 1 aromatic rings. The lowest BCUT2D eigenvalue weighted by atomic mass is 9.93. The molecule has 0 aliphatic carbocycles. The van der Waals surface area contributed by atoms with Gasteiger partial charge in [0.2, 0.25) is 5.91 Å². The minimum Gasteiger partial charge on any atom is -0.342 e. The van der Waals surface area contributed by atoms with E-state index in [4.69, 9.17) is 0 Å². The largest absolute Gasteiger partial charge is 0.342 e. The number of benzene rings is 1. The molecule has 0 bridgehead atoms. The fourth-order valence-corrected chi connectivity index (χ4v) is 3.39. The molecule has 3 rings (SSSR count). The summed E-state index contributed by atoms with van der Waals surface area (Å²) >= 11 is 0. The third kappa shape index (κ3) is 3.39. The van der Waals surface area contributed by atoms with Crippen LogP contribution in [-0.4, -0.2) is 41.4 Å². The topological polar surface area (TPSA) is 75.5 Å². The molecule has 2 saturated heterocycles. The minimum atomic E-state index is -0.421. The number of rotatable bonds is 3. The number of nitro groups is 1. The van der Waals surface area contributed by atoms with Crippen LogP contribution in [0.1, 0.15) is 18.4 Å². The van der Waals surface area contributed by atoms with E-state index in [2.05, 4.69) is 5.32 Å². The number of fused-ring (bicyclic) bond motifs is 1. The predicted molar refractivity (Wildman–Crippen MR) is 85.1 cm³/mol. The summed E-state index contributed by atoms with van der Waals surface area (Å²) in [5.41, 5.74) is 0.530. The average Bonchev–Trinajstić information content (AvgIpc) is 2.94. The van der Waals surface area contributed by atoms with E-state index < -0.39 is 4.92 Å². The van der Waals surface area contributed by atoms with Gasteiger partial charge in [-0.25, -0.2) is 0 Å². The van der Waals surface area contributed by atoms with Crippen LogP contribution in [-0.2, 0) is 11.2 Å².